The van der Waals surface area contributed by atoms with Crippen molar-refractivity contribution in [2.75, 3.05) is 6.61 Å². The van der Waals surface area contributed by atoms with E-state index in [0.29, 0.717) is 23.6 Å². The third-order valence-electron chi connectivity index (χ3n) is 6.55. The summed E-state index contributed by atoms with van der Waals surface area (Å²) >= 11 is 0. The van der Waals surface area contributed by atoms with Crippen molar-refractivity contribution in [1.82, 2.24) is 5.32 Å². The molecule has 0 aromatic carbocycles. The van der Waals surface area contributed by atoms with Gasteiger partial charge in [0.15, 0.2) is 0 Å². The molecule has 2 aliphatic carbocycles. The Hall–Kier alpha value is -0.0800. The van der Waals surface area contributed by atoms with Gasteiger partial charge in [0, 0.05) is 24.1 Å². The summed E-state index contributed by atoms with van der Waals surface area (Å²) in [6.45, 7) is 14.9. The van der Waals surface area contributed by atoms with E-state index in [-0.39, 0.29) is 0 Å². The van der Waals surface area contributed by atoms with E-state index >= 15 is 0 Å². The number of rotatable bonds is 6. The second kappa shape index (κ2) is 7.00. The first-order valence-corrected chi connectivity index (χ1v) is 9.30. The Morgan fingerprint density at radius 3 is 2.48 bits per heavy atom. The molecule has 21 heavy (non-hydrogen) atoms. The summed E-state index contributed by atoms with van der Waals surface area (Å²) in [4.78, 5) is 0. The fourth-order valence-electron chi connectivity index (χ4n) is 4.66. The lowest BCUT2D eigenvalue weighted by molar-refractivity contribution is -0.131. The maximum absolute atomic E-state index is 5.96. The van der Waals surface area contributed by atoms with Crippen molar-refractivity contribution in [3.8, 4) is 0 Å². The first-order chi connectivity index (χ1) is 9.92. The van der Waals surface area contributed by atoms with Crippen molar-refractivity contribution in [1.29, 1.82) is 0 Å². The fraction of sp³-hybridized carbons (Fsp3) is 1.00. The van der Waals surface area contributed by atoms with Gasteiger partial charge in [0.05, 0.1) is 6.10 Å². The molecule has 6 unspecified atom stereocenters. The van der Waals surface area contributed by atoms with Crippen LogP contribution in [-0.2, 0) is 4.74 Å². The van der Waals surface area contributed by atoms with Gasteiger partial charge < -0.3 is 10.1 Å². The van der Waals surface area contributed by atoms with Crippen LogP contribution < -0.4 is 5.32 Å². The molecule has 6 atom stereocenters. The van der Waals surface area contributed by atoms with Gasteiger partial charge in [0.1, 0.15) is 0 Å². The molecule has 0 aromatic rings. The van der Waals surface area contributed by atoms with Crippen molar-refractivity contribution >= 4 is 0 Å². The summed E-state index contributed by atoms with van der Waals surface area (Å²) in [7, 11) is 0. The smallest absolute Gasteiger partial charge is 0.0658 e. The highest BCUT2D eigenvalue weighted by atomic mass is 16.5. The average molecular weight is 296 g/mol. The van der Waals surface area contributed by atoms with Gasteiger partial charge in [0.25, 0.3) is 0 Å². The van der Waals surface area contributed by atoms with Gasteiger partial charge in [0.2, 0.25) is 0 Å². The molecule has 0 saturated heterocycles. The van der Waals surface area contributed by atoms with E-state index in [1.807, 2.05) is 0 Å². The van der Waals surface area contributed by atoms with Gasteiger partial charge in [-0.25, -0.2) is 0 Å². The zero-order valence-electron chi connectivity index (χ0n) is 15.1. The zero-order chi connectivity index (χ0) is 15.6. The monoisotopic (exact) mass is 295 g/mol. The maximum Gasteiger partial charge on any atom is 0.0658 e. The van der Waals surface area contributed by atoms with Crippen LogP contribution in [0.3, 0.4) is 0 Å². The Morgan fingerprint density at radius 1 is 1.19 bits per heavy atom. The van der Waals surface area contributed by atoms with Crippen LogP contribution in [0.1, 0.15) is 73.6 Å². The Morgan fingerprint density at radius 2 is 1.90 bits per heavy atom. The van der Waals surface area contributed by atoms with Crippen LogP contribution in [-0.4, -0.2) is 24.8 Å². The van der Waals surface area contributed by atoms with Crippen LogP contribution >= 0.6 is 0 Å². The highest BCUT2D eigenvalue weighted by Crippen LogP contribution is 2.47. The highest BCUT2D eigenvalue weighted by Gasteiger charge is 2.52. The predicted octanol–water partition coefficient (Wildman–Crippen LogP) is 4.63. The Balaban J connectivity index is 1.99. The molecule has 0 aliphatic heterocycles. The van der Waals surface area contributed by atoms with E-state index in [1.54, 1.807) is 0 Å². The summed E-state index contributed by atoms with van der Waals surface area (Å²) < 4.78 is 5.96. The Labute approximate surface area is 132 Å². The normalized spacial score (nSPS) is 43.9. The van der Waals surface area contributed by atoms with Gasteiger partial charge in [-0.05, 0) is 50.4 Å². The summed E-state index contributed by atoms with van der Waals surface area (Å²) in [6.07, 6.45) is 7.05. The third kappa shape index (κ3) is 3.47. The van der Waals surface area contributed by atoms with Gasteiger partial charge in [-0.3, -0.25) is 0 Å². The lowest BCUT2D eigenvalue weighted by Gasteiger charge is -2.56. The van der Waals surface area contributed by atoms with Crippen molar-refractivity contribution in [2.45, 2.75) is 91.8 Å². The van der Waals surface area contributed by atoms with Crippen LogP contribution in [0.5, 0.6) is 0 Å². The van der Waals surface area contributed by atoms with Crippen LogP contribution in [0, 0.1) is 23.2 Å². The van der Waals surface area contributed by atoms with Crippen LogP contribution in [0.4, 0.5) is 0 Å². The van der Waals surface area contributed by atoms with E-state index in [4.69, 9.17) is 4.74 Å². The SMILES string of the molecule is CCOC1CC(NC2CC(C)CCC2C(C)C)C1(C)CC. The molecule has 2 rings (SSSR count). The summed E-state index contributed by atoms with van der Waals surface area (Å²) in [5.74, 6) is 2.53. The summed E-state index contributed by atoms with van der Waals surface area (Å²) in [5.41, 5.74) is 0.332. The van der Waals surface area contributed by atoms with Gasteiger partial charge in [-0.1, -0.05) is 41.0 Å². The molecule has 1 N–H and O–H groups in total. The molecule has 0 spiro atoms. The van der Waals surface area contributed by atoms with Crippen LogP contribution in [0.2, 0.25) is 0 Å². The molecular formula is C19H37NO. The first-order valence-electron chi connectivity index (χ1n) is 9.30. The first kappa shape index (κ1) is 17.3. The number of hydrogen-bond acceptors (Lipinski definition) is 2. The Bertz CT molecular complexity index is 330. The molecule has 2 aliphatic rings. The predicted molar refractivity (Wildman–Crippen MR) is 90.5 cm³/mol. The van der Waals surface area contributed by atoms with Gasteiger partial charge >= 0.3 is 0 Å². The number of nitrogens with one attached hydrogen (secondary N) is 1. The zero-order valence-corrected chi connectivity index (χ0v) is 15.1. The molecule has 2 nitrogen and oxygen atoms in total. The highest BCUT2D eigenvalue weighted by molar-refractivity contribution is 5.06. The molecule has 124 valence electrons. The van der Waals surface area contributed by atoms with Gasteiger partial charge in [-0.2, -0.15) is 0 Å². The van der Waals surface area contributed by atoms with Crippen LogP contribution in [0.25, 0.3) is 0 Å². The quantitative estimate of drug-likeness (QED) is 0.771. The largest absolute Gasteiger partial charge is 0.378 e. The molecule has 0 heterocycles. The van der Waals surface area contributed by atoms with Crippen LogP contribution in [0.15, 0.2) is 0 Å². The molecule has 0 radical (unpaired) electrons. The summed E-state index contributed by atoms with van der Waals surface area (Å²) in [5, 5.41) is 4.07. The molecule has 0 bridgehead atoms. The maximum atomic E-state index is 5.96. The average Bonchev–Trinajstić information content (AvgIpc) is 2.45. The lowest BCUT2D eigenvalue weighted by Crippen LogP contribution is -2.65. The molecule has 0 amide bonds. The lowest BCUT2D eigenvalue weighted by atomic mass is 9.60. The van der Waals surface area contributed by atoms with E-state index in [2.05, 4.69) is 46.9 Å². The molecule has 0 aromatic heterocycles. The summed E-state index contributed by atoms with van der Waals surface area (Å²) in [6, 6.07) is 1.36. The minimum Gasteiger partial charge on any atom is -0.378 e. The minimum atomic E-state index is 0.332. The Kier molecular flexibility index (Phi) is 5.76. The second-order valence-electron chi connectivity index (χ2n) is 8.19. The standard InChI is InChI=1S/C19H37NO/c1-7-19(6)17(12-18(19)21-8-2)20-16-11-14(5)9-10-15(16)13(3)4/h13-18,20H,7-12H2,1-6H3. The van der Waals surface area contributed by atoms with Crippen molar-refractivity contribution in [3.05, 3.63) is 0 Å². The van der Waals surface area contributed by atoms with Crippen molar-refractivity contribution < 1.29 is 4.74 Å². The molecule has 2 saturated carbocycles. The fourth-order valence-corrected chi connectivity index (χ4v) is 4.66. The molecule has 2 heteroatoms. The van der Waals surface area contributed by atoms with E-state index < -0.39 is 0 Å². The topological polar surface area (TPSA) is 21.3 Å². The van der Waals surface area contributed by atoms with E-state index in [0.717, 1.165) is 24.4 Å². The van der Waals surface area contributed by atoms with Crippen molar-refractivity contribution in [3.63, 3.8) is 0 Å². The van der Waals surface area contributed by atoms with E-state index in [1.165, 1.54) is 32.1 Å². The minimum absolute atomic E-state index is 0.332. The molecular weight excluding hydrogens is 258 g/mol. The second-order valence-corrected chi connectivity index (χ2v) is 8.19. The van der Waals surface area contributed by atoms with Crippen molar-refractivity contribution in [2.24, 2.45) is 23.2 Å². The number of hydrogen-bond donors (Lipinski definition) is 1. The third-order valence-corrected chi connectivity index (χ3v) is 6.55. The van der Waals surface area contributed by atoms with E-state index in [9.17, 15) is 0 Å². The molecule has 2 fully saturated rings. The number of ether oxygens (including phenoxy) is 1. The van der Waals surface area contributed by atoms with Gasteiger partial charge in [-0.15, -0.1) is 0 Å².